The number of pyridine rings is 1. The number of H-pyrrole nitrogens is 1. The second-order valence-corrected chi connectivity index (χ2v) is 6.68. The average Bonchev–Trinajstić information content (AvgIpc) is 2.45. The van der Waals surface area contributed by atoms with Crippen molar-refractivity contribution in [2.45, 2.75) is 43.1 Å². The SMILES string of the molecule is O=c1ccc(S(=O)(=O)NCCOC2CCCCC2)c[nH]1. The molecule has 0 atom stereocenters. The smallest absolute Gasteiger partial charge is 0.247 e. The summed E-state index contributed by atoms with van der Waals surface area (Å²) in [6, 6.07) is 2.47. The number of sulfonamides is 1. The van der Waals surface area contributed by atoms with Crippen LogP contribution in [-0.2, 0) is 14.8 Å². The molecule has 0 saturated heterocycles. The average molecular weight is 300 g/mol. The van der Waals surface area contributed by atoms with Crippen molar-refractivity contribution in [1.82, 2.24) is 9.71 Å². The van der Waals surface area contributed by atoms with Gasteiger partial charge in [-0.25, -0.2) is 13.1 Å². The predicted octanol–water partition coefficient (Wildman–Crippen LogP) is 1.00. The maximum atomic E-state index is 11.9. The van der Waals surface area contributed by atoms with Gasteiger partial charge >= 0.3 is 0 Å². The number of aromatic nitrogens is 1. The minimum absolute atomic E-state index is 0.0507. The van der Waals surface area contributed by atoms with Crippen LogP contribution in [-0.4, -0.2) is 32.7 Å². The Kier molecular flexibility index (Phi) is 5.33. The monoisotopic (exact) mass is 300 g/mol. The van der Waals surface area contributed by atoms with Crippen LogP contribution < -0.4 is 10.3 Å². The first-order valence-corrected chi connectivity index (χ1v) is 8.36. The van der Waals surface area contributed by atoms with Gasteiger partial charge in [-0.15, -0.1) is 0 Å². The highest BCUT2D eigenvalue weighted by Crippen LogP contribution is 2.19. The van der Waals surface area contributed by atoms with Gasteiger partial charge < -0.3 is 9.72 Å². The molecule has 1 saturated carbocycles. The lowest BCUT2D eigenvalue weighted by Crippen LogP contribution is -2.29. The van der Waals surface area contributed by atoms with Gasteiger partial charge in [0.05, 0.1) is 17.6 Å². The fourth-order valence-corrected chi connectivity index (χ4v) is 3.26. The van der Waals surface area contributed by atoms with E-state index < -0.39 is 10.0 Å². The zero-order valence-corrected chi connectivity index (χ0v) is 12.1. The minimum atomic E-state index is -3.58. The quantitative estimate of drug-likeness (QED) is 0.767. The predicted molar refractivity (Wildman–Crippen MR) is 75.1 cm³/mol. The van der Waals surface area contributed by atoms with E-state index in [2.05, 4.69) is 9.71 Å². The third-order valence-corrected chi connectivity index (χ3v) is 4.82. The fraction of sp³-hybridized carbons (Fsp3) is 0.615. The molecule has 20 heavy (non-hydrogen) atoms. The molecular formula is C13H20N2O4S. The highest BCUT2D eigenvalue weighted by atomic mass is 32.2. The summed E-state index contributed by atoms with van der Waals surface area (Å²) in [5.74, 6) is 0. The van der Waals surface area contributed by atoms with Crippen LogP contribution in [0.25, 0.3) is 0 Å². The Morgan fingerprint density at radius 1 is 1.25 bits per heavy atom. The number of hydrogen-bond acceptors (Lipinski definition) is 4. The van der Waals surface area contributed by atoms with Gasteiger partial charge in [-0.1, -0.05) is 19.3 Å². The van der Waals surface area contributed by atoms with E-state index in [0.717, 1.165) is 12.8 Å². The van der Waals surface area contributed by atoms with Gasteiger partial charge in [0.25, 0.3) is 0 Å². The van der Waals surface area contributed by atoms with Crippen LogP contribution in [0.2, 0.25) is 0 Å². The van der Waals surface area contributed by atoms with E-state index in [0.29, 0.717) is 6.61 Å². The van der Waals surface area contributed by atoms with Crippen LogP contribution in [0.5, 0.6) is 0 Å². The lowest BCUT2D eigenvalue weighted by Gasteiger charge is -2.21. The van der Waals surface area contributed by atoms with Crippen LogP contribution in [0.4, 0.5) is 0 Å². The maximum Gasteiger partial charge on any atom is 0.247 e. The Morgan fingerprint density at radius 3 is 2.65 bits per heavy atom. The first-order chi connectivity index (χ1) is 9.58. The molecule has 0 amide bonds. The van der Waals surface area contributed by atoms with E-state index >= 15 is 0 Å². The molecule has 1 aliphatic carbocycles. The fourth-order valence-electron chi connectivity index (χ4n) is 2.28. The van der Waals surface area contributed by atoms with Gasteiger partial charge in [-0.05, 0) is 18.9 Å². The minimum Gasteiger partial charge on any atom is -0.377 e. The summed E-state index contributed by atoms with van der Waals surface area (Å²) in [5.41, 5.74) is -0.329. The Balaban J connectivity index is 1.77. The molecule has 2 N–H and O–H groups in total. The Hall–Kier alpha value is -1.18. The summed E-state index contributed by atoms with van der Waals surface area (Å²) in [6.45, 7) is 0.602. The third kappa shape index (κ3) is 4.43. The summed E-state index contributed by atoms with van der Waals surface area (Å²) in [6.07, 6.45) is 7.22. The number of rotatable bonds is 6. The van der Waals surface area contributed by atoms with Crippen molar-refractivity contribution in [3.63, 3.8) is 0 Å². The molecule has 0 spiro atoms. The molecule has 1 aromatic rings. The molecule has 1 fully saturated rings. The summed E-state index contributed by atoms with van der Waals surface area (Å²) >= 11 is 0. The lowest BCUT2D eigenvalue weighted by molar-refractivity contribution is 0.0321. The molecule has 2 rings (SSSR count). The van der Waals surface area contributed by atoms with Gasteiger partial charge in [0.1, 0.15) is 0 Å². The first-order valence-electron chi connectivity index (χ1n) is 6.88. The zero-order chi connectivity index (χ0) is 14.4. The summed E-state index contributed by atoms with van der Waals surface area (Å²) in [5, 5.41) is 0. The zero-order valence-electron chi connectivity index (χ0n) is 11.3. The molecular weight excluding hydrogens is 280 g/mol. The largest absolute Gasteiger partial charge is 0.377 e. The Labute approximate surface area is 118 Å². The van der Waals surface area contributed by atoms with Crippen molar-refractivity contribution < 1.29 is 13.2 Å². The molecule has 6 nitrogen and oxygen atoms in total. The molecule has 1 heterocycles. The topological polar surface area (TPSA) is 88.3 Å². The standard InChI is InChI=1S/C13H20N2O4S/c16-13-7-6-12(10-14-13)20(17,18)15-8-9-19-11-4-2-1-3-5-11/h6-7,10-11,15H,1-5,8-9H2,(H,14,16). The molecule has 0 aliphatic heterocycles. The van der Waals surface area contributed by atoms with Crippen molar-refractivity contribution in [3.05, 3.63) is 28.7 Å². The molecule has 0 aromatic carbocycles. The van der Waals surface area contributed by atoms with Crippen molar-refractivity contribution in [1.29, 1.82) is 0 Å². The van der Waals surface area contributed by atoms with Crippen molar-refractivity contribution >= 4 is 10.0 Å². The third-order valence-electron chi connectivity index (χ3n) is 3.37. The number of hydrogen-bond donors (Lipinski definition) is 2. The van der Waals surface area contributed by atoms with E-state index in [4.69, 9.17) is 4.74 Å². The molecule has 7 heteroatoms. The van der Waals surface area contributed by atoms with Crippen molar-refractivity contribution in [3.8, 4) is 0 Å². The number of aromatic amines is 1. The highest BCUT2D eigenvalue weighted by molar-refractivity contribution is 7.89. The van der Waals surface area contributed by atoms with Crippen LogP contribution >= 0.6 is 0 Å². The van der Waals surface area contributed by atoms with E-state index in [1.54, 1.807) is 0 Å². The Morgan fingerprint density at radius 2 is 2.00 bits per heavy atom. The lowest BCUT2D eigenvalue weighted by atomic mass is 9.98. The molecule has 112 valence electrons. The summed E-state index contributed by atoms with van der Waals surface area (Å²) < 4.78 is 31.9. The second kappa shape index (κ2) is 7.01. The number of ether oxygens (including phenoxy) is 1. The van der Waals surface area contributed by atoms with E-state index in [-0.39, 0.29) is 23.1 Å². The Bertz CT molecular complexity index is 556. The maximum absolute atomic E-state index is 11.9. The normalized spacial score (nSPS) is 17.2. The van der Waals surface area contributed by atoms with Gasteiger partial charge in [0, 0.05) is 18.8 Å². The van der Waals surface area contributed by atoms with E-state index in [1.807, 2.05) is 0 Å². The molecule has 0 unspecified atom stereocenters. The van der Waals surface area contributed by atoms with Gasteiger partial charge in [0.2, 0.25) is 15.6 Å². The van der Waals surface area contributed by atoms with E-state index in [1.165, 1.54) is 37.6 Å². The van der Waals surface area contributed by atoms with Crippen LogP contribution in [0, 0.1) is 0 Å². The van der Waals surface area contributed by atoms with Crippen LogP contribution in [0.3, 0.4) is 0 Å². The van der Waals surface area contributed by atoms with Gasteiger partial charge in [-0.3, -0.25) is 4.79 Å². The first kappa shape index (κ1) is 15.2. The molecule has 1 aromatic heterocycles. The van der Waals surface area contributed by atoms with Crippen molar-refractivity contribution in [2.75, 3.05) is 13.2 Å². The van der Waals surface area contributed by atoms with E-state index in [9.17, 15) is 13.2 Å². The van der Waals surface area contributed by atoms with Crippen molar-refractivity contribution in [2.24, 2.45) is 0 Å². The highest BCUT2D eigenvalue weighted by Gasteiger charge is 2.15. The number of nitrogens with one attached hydrogen (secondary N) is 2. The summed E-state index contributed by atoms with van der Waals surface area (Å²) in [4.78, 5) is 13.3. The van der Waals surface area contributed by atoms with Crippen LogP contribution in [0.1, 0.15) is 32.1 Å². The molecule has 0 bridgehead atoms. The van der Waals surface area contributed by atoms with Gasteiger partial charge in [-0.2, -0.15) is 0 Å². The molecule has 0 radical (unpaired) electrons. The summed E-state index contributed by atoms with van der Waals surface area (Å²) in [7, 11) is -3.58. The second-order valence-electron chi connectivity index (χ2n) is 4.92. The molecule has 1 aliphatic rings. The van der Waals surface area contributed by atoms with Crippen LogP contribution in [0.15, 0.2) is 28.0 Å². The van der Waals surface area contributed by atoms with Gasteiger partial charge in [0.15, 0.2) is 0 Å².